The van der Waals surface area contributed by atoms with Gasteiger partial charge in [-0.1, -0.05) is 0 Å². The van der Waals surface area contributed by atoms with Crippen LogP contribution in [-0.4, -0.2) is 19.0 Å². The average Bonchev–Trinajstić information content (AvgIpc) is 2.66. The summed E-state index contributed by atoms with van der Waals surface area (Å²) in [6.45, 7) is 3.45. The molecule has 1 aliphatic carbocycles. The number of hydrogen-bond donors (Lipinski definition) is 0. The first-order valence-corrected chi connectivity index (χ1v) is 4.33. The molecule has 1 aliphatic heterocycles. The van der Waals surface area contributed by atoms with Gasteiger partial charge < -0.3 is 4.74 Å². The zero-order valence-corrected chi connectivity index (χ0v) is 6.93. The van der Waals surface area contributed by atoms with Gasteiger partial charge in [0, 0.05) is 19.1 Å². The van der Waals surface area contributed by atoms with E-state index in [4.69, 9.17) is 4.74 Å². The predicted molar refractivity (Wildman–Crippen MR) is 41.3 cm³/mol. The molecule has 1 saturated carbocycles. The lowest BCUT2D eigenvalue weighted by atomic mass is 9.93. The van der Waals surface area contributed by atoms with Gasteiger partial charge in [0.25, 0.3) is 0 Å². The minimum Gasteiger partial charge on any atom is -0.381 e. The van der Waals surface area contributed by atoms with Crippen molar-refractivity contribution in [1.29, 1.82) is 0 Å². The Morgan fingerprint density at radius 2 is 2.09 bits per heavy atom. The summed E-state index contributed by atoms with van der Waals surface area (Å²) in [5, 5.41) is 0. The molecule has 1 saturated heterocycles. The lowest BCUT2D eigenvalue weighted by Gasteiger charge is -2.21. The maximum atomic E-state index is 11.0. The van der Waals surface area contributed by atoms with E-state index in [1.807, 2.05) is 0 Å². The third kappa shape index (κ3) is 1.09. The second kappa shape index (κ2) is 2.31. The molecule has 1 atom stereocenters. The van der Waals surface area contributed by atoms with Crippen molar-refractivity contribution in [2.75, 3.05) is 13.2 Å². The fraction of sp³-hybridized carbons (Fsp3) is 0.889. The van der Waals surface area contributed by atoms with Gasteiger partial charge in [0.1, 0.15) is 5.78 Å². The second-order valence-corrected chi connectivity index (χ2v) is 3.84. The lowest BCUT2D eigenvalue weighted by Crippen LogP contribution is -2.20. The number of ether oxygens (including phenoxy) is 1. The summed E-state index contributed by atoms with van der Waals surface area (Å²) in [4.78, 5) is 11.0. The van der Waals surface area contributed by atoms with Crippen molar-refractivity contribution in [3.8, 4) is 0 Å². The Morgan fingerprint density at radius 3 is 2.55 bits per heavy atom. The highest BCUT2D eigenvalue weighted by Crippen LogP contribution is 2.59. The van der Waals surface area contributed by atoms with E-state index in [2.05, 4.69) is 0 Å². The van der Waals surface area contributed by atoms with Gasteiger partial charge in [0.05, 0.1) is 0 Å². The van der Waals surface area contributed by atoms with Gasteiger partial charge in [0.15, 0.2) is 0 Å². The third-order valence-corrected chi connectivity index (χ3v) is 3.17. The van der Waals surface area contributed by atoms with Crippen molar-refractivity contribution in [3.05, 3.63) is 0 Å². The van der Waals surface area contributed by atoms with Crippen molar-refractivity contribution >= 4 is 5.78 Å². The van der Waals surface area contributed by atoms with Crippen LogP contribution >= 0.6 is 0 Å². The van der Waals surface area contributed by atoms with Gasteiger partial charge in [-0.05, 0) is 31.6 Å². The highest BCUT2D eigenvalue weighted by atomic mass is 16.5. The number of hydrogen-bond acceptors (Lipinski definition) is 2. The normalized spacial score (nSPS) is 33.7. The summed E-state index contributed by atoms with van der Waals surface area (Å²) in [5.74, 6) is 0.762. The largest absolute Gasteiger partial charge is 0.381 e. The summed E-state index contributed by atoms with van der Waals surface area (Å²) in [6, 6.07) is 0. The number of Topliss-reactive ketones (excluding diaryl/α,β-unsaturated/α-hetero) is 1. The number of carbonyl (C=O) groups excluding carboxylic acids is 1. The van der Waals surface area contributed by atoms with Crippen LogP contribution in [0.15, 0.2) is 0 Å². The molecule has 2 nitrogen and oxygen atoms in total. The summed E-state index contributed by atoms with van der Waals surface area (Å²) in [7, 11) is 0. The molecule has 2 heteroatoms. The van der Waals surface area contributed by atoms with Crippen LogP contribution < -0.4 is 0 Å². The van der Waals surface area contributed by atoms with Crippen LogP contribution in [0.2, 0.25) is 0 Å². The zero-order chi connectivity index (χ0) is 7.90. The molecule has 1 heterocycles. The molecule has 0 aromatic carbocycles. The Bertz CT molecular complexity index is 180. The average molecular weight is 154 g/mol. The van der Waals surface area contributed by atoms with Crippen LogP contribution in [0.5, 0.6) is 0 Å². The van der Waals surface area contributed by atoms with E-state index in [0.29, 0.717) is 17.1 Å². The van der Waals surface area contributed by atoms with Crippen LogP contribution in [0, 0.1) is 11.3 Å². The standard InChI is InChI=1S/C9H14O2/c1-7(10)8-6-9(8)2-4-11-5-3-9/h8H,2-6H2,1H3. The maximum Gasteiger partial charge on any atom is 0.133 e. The van der Waals surface area contributed by atoms with Crippen molar-refractivity contribution in [2.24, 2.45) is 11.3 Å². The number of carbonyl (C=O) groups is 1. The van der Waals surface area contributed by atoms with Gasteiger partial charge in [-0.2, -0.15) is 0 Å². The van der Waals surface area contributed by atoms with Crippen LogP contribution in [0.1, 0.15) is 26.2 Å². The Hall–Kier alpha value is -0.370. The predicted octanol–water partition coefficient (Wildman–Crippen LogP) is 1.39. The van der Waals surface area contributed by atoms with Crippen molar-refractivity contribution < 1.29 is 9.53 Å². The molecule has 0 bridgehead atoms. The Balaban J connectivity index is 1.99. The topological polar surface area (TPSA) is 26.3 Å². The first kappa shape index (κ1) is 7.29. The summed E-state index contributed by atoms with van der Waals surface area (Å²) in [5.41, 5.74) is 0.393. The van der Waals surface area contributed by atoms with Crippen LogP contribution in [-0.2, 0) is 9.53 Å². The molecule has 0 N–H and O–H groups in total. The van der Waals surface area contributed by atoms with E-state index < -0.39 is 0 Å². The van der Waals surface area contributed by atoms with E-state index in [1.54, 1.807) is 6.92 Å². The van der Waals surface area contributed by atoms with Gasteiger partial charge in [-0.15, -0.1) is 0 Å². The quantitative estimate of drug-likeness (QED) is 0.570. The maximum absolute atomic E-state index is 11.0. The summed E-state index contributed by atoms with van der Waals surface area (Å²) in [6.07, 6.45) is 3.35. The molecule has 2 rings (SSSR count). The van der Waals surface area contributed by atoms with Crippen LogP contribution in [0.25, 0.3) is 0 Å². The van der Waals surface area contributed by atoms with E-state index >= 15 is 0 Å². The van der Waals surface area contributed by atoms with Gasteiger partial charge in [-0.3, -0.25) is 4.79 Å². The Morgan fingerprint density at radius 1 is 1.45 bits per heavy atom. The van der Waals surface area contributed by atoms with E-state index in [0.717, 1.165) is 32.5 Å². The van der Waals surface area contributed by atoms with E-state index in [-0.39, 0.29) is 0 Å². The minimum absolute atomic E-state index is 0.381. The smallest absolute Gasteiger partial charge is 0.133 e. The van der Waals surface area contributed by atoms with Crippen molar-refractivity contribution in [3.63, 3.8) is 0 Å². The molecule has 2 aliphatic rings. The summed E-state index contributed by atoms with van der Waals surface area (Å²) >= 11 is 0. The first-order chi connectivity index (χ1) is 5.25. The van der Waals surface area contributed by atoms with Gasteiger partial charge in [-0.25, -0.2) is 0 Å². The monoisotopic (exact) mass is 154 g/mol. The van der Waals surface area contributed by atoms with Crippen molar-refractivity contribution in [1.82, 2.24) is 0 Å². The lowest BCUT2D eigenvalue weighted by molar-refractivity contribution is -0.119. The van der Waals surface area contributed by atoms with Gasteiger partial charge in [0.2, 0.25) is 0 Å². The fourth-order valence-electron chi connectivity index (χ4n) is 2.25. The number of rotatable bonds is 1. The molecule has 62 valence electrons. The van der Waals surface area contributed by atoms with Crippen LogP contribution in [0.4, 0.5) is 0 Å². The molecule has 0 aromatic rings. The minimum atomic E-state index is 0.381. The molecular formula is C9H14O2. The molecule has 1 spiro atoms. The zero-order valence-electron chi connectivity index (χ0n) is 6.93. The van der Waals surface area contributed by atoms with E-state index in [1.165, 1.54) is 0 Å². The SMILES string of the molecule is CC(=O)C1CC12CCOCC2. The number of ketones is 1. The third-order valence-electron chi connectivity index (χ3n) is 3.17. The highest BCUT2D eigenvalue weighted by Gasteiger charge is 2.56. The molecule has 0 aromatic heterocycles. The second-order valence-electron chi connectivity index (χ2n) is 3.84. The first-order valence-electron chi connectivity index (χ1n) is 4.33. The molecule has 2 fully saturated rings. The van der Waals surface area contributed by atoms with Gasteiger partial charge >= 0.3 is 0 Å². The molecule has 1 unspecified atom stereocenters. The van der Waals surface area contributed by atoms with Crippen molar-refractivity contribution in [2.45, 2.75) is 26.2 Å². The highest BCUT2D eigenvalue weighted by molar-refractivity contribution is 5.82. The van der Waals surface area contributed by atoms with E-state index in [9.17, 15) is 4.79 Å². The molecule has 0 radical (unpaired) electrons. The Labute approximate surface area is 66.9 Å². The molecule has 11 heavy (non-hydrogen) atoms. The Kier molecular flexibility index (Phi) is 1.53. The fourth-order valence-corrected chi connectivity index (χ4v) is 2.25. The molecule has 0 amide bonds. The summed E-state index contributed by atoms with van der Waals surface area (Å²) < 4.78 is 5.26. The van der Waals surface area contributed by atoms with Crippen LogP contribution in [0.3, 0.4) is 0 Å². The molecular weight excluding hydrogens is 140 g/mol.